The smallest absolute Gasteiger partial charge is 0.309 e. The van der Waals surface area contributed by atoms with Crippen molar-refractivity contribution < 1.29 is 22.2 Å². The molecule has 3 N–H and O–H groups in total. The Labute approximate surface area is 107 Å². The number of nitrogens with zero attached hydrogens (tertiary/aromatic N) is 1. The molecule has 0 atom stereocenters. The molecule has 8 nitrogen and oxygen atoms in total. The van der Waals surface area contributed by atoms with Crippen LogP contribution in [0.25, 0.3) is 0 Å². The van der Waals surface area contributed by atoms with E-state index in [1.54, 1.807) is 0 Å². The van der Waals surface area contributed by atoms with E-state index in [0.717, 1.165) is 11.3 Å². The highest BCUT2D eigenvalue weighted by Crippen LogP contribution is 2.28. The summed E-state index contributed by atoms with van der Waals surface area (Å²) in [6, 6.07) is 0. The van der Waals surface area contributed by atoms with Crippen LogP contribution in [0.1, 0.15) is 12.6 Å². The molecule has 2 amide bonds. The molecule has 0 aromatic carbocycles. The molecule has 1 heterocycles. The maximum Gasteiger partial charge on any atom is 0.309 e. The molecule has 0 saturated carbocycles. The minimum atomic E-state index is -4.10. The topological polar surface area (TPSA) is 128 Å². The lowest BCUT2D eigenvalue weighted by Crippen LogP contribution is -2.21. The van der Waals surface area contributed by atoms with Gasteiger partial charge in [-0.3, -0.25) is 13.8 Å². The van der Waals surface area contributed by atoms with Gasteiger partial charge in [-0.05, 0) is 6.92 Å². The number of nitrogens with two attached hydrogens (primary N) is 1. The first kappa shape index (κ1) is 14.5. The van der Waals surface area contributed by atoms with Gasteiger partial charge in [0, 0.05) is 6.92 Å². The molecule has 1 aromatic rings. The van der Waals surface area contributed by atoms with Crippen molar-refractivity contribution in [3.8, 4) is 0 Å². The number of rotatable bonds is 5. The zero-order valence-electron chi connectivity index (χ0n) is 9.59. The summed E-state index contributed by atoms with van der Waals surface area (Å²) in [5, 5.41) is 2.50. The molecular weight excluding hydrogens is 282 g/mol. The molecule has 10 heteroatoms. The van der Waals surface area contributed by atoms with Crippen molar-refractivity contribution in [2.75, 3.05) is 11.9 Å². The third-order valence-corrected chi connectivity index (χ3v) is 4.53. The van der Waals surface area contributed by atoms with Gasteiger partial charge in [-0.1, -0.05) is 11.3 Å². The summed E-state index contributed by atoms with van der Waals surface area (Å²) in [6.45, 7) is 1.98. The van der Waals surface area contributed by atoms with Crippen LogP contribution in [0.15, 0.2) is 4.21 Å². The van der Waals surface area contributed by atoms with E-state index < -0.39 is 22.6 Å². The van der Waals surface area contributed by atoms with Crippen LogP contribution in [-0.2, 0) is 23.9 Å². The summed E-state index contributed by atoms with van der Waals surface area (Å²) in [5.74, 6) is -1.27. The fourth-order valence-electron chi connectivity index (χ4n) is 1.01. The lowest BCUT2D eigenvalue weighted by Gasteiger charge is -2.00. The van der Waals surface area contributed by atoms with Gasteiger partial charge in [0.2, 0.25) is 11.8 Å². The number of anilines is 1. The van der Waals surface area contributed by atoms with Gasteiger partial charge in [0.1, 0.15) is 6.61 Å². The van der Waals surface area contributed by atoms with Crippen molar-refractivity contribution >= 4 is 38.4 Å². The standard InChI is InChI=1S/C8H11N3O5S2/c1-4-7(17-8(10-4)11-5(2)12)18(14,15)16-3-6(9)13/h3H2,1-2H3,(H2,9,13)(H,10,11,12). The summed E-state index contributed by atoms with van der Waals surface area (Å²) in [6.07, 6.45) is 0. The van der Waals surface area contributed by atoms with Crippen LogP contribution < -0.4 is 11.1 Å². The maximum atomic E-state index is 11.7. The van der Waals surface area contributed by atoms with Crippen molar-refractivity contribution in [2.45, 2.75) is 18.1 Å². The molecular formula is C8H11N3O5S2. The highest BCUT2D eigenvalue weighted by Gasteiger charge is 2.23. The van der Waals surface area contributed by atoms with Crippen LogP contribution in [0, 0.1) is 6.92 Å². The van der Waals surface area contributed by atoms with Gasteiger partial charge >= 0.3 is 10.1 Å². The molecule has 0 saturated heterocycles. The van der Waals surface area contributed by atoms with Crippen LogP contribution in [0.2, 0.25) is 0 Å². The SMILES string of the molecule is CC(=O)Nc1nc(C)c(S(=O)(=O)OCC(N)=O)s1. The van der Waals surface area contributed by atoms with Gasteiger partial charge in [0.25, 0.3) is 0 Å². The van der Waals surface area contributed by atoms with Gasteiger partial charge in [0.15, 0.2) is 9.34 Å². The number of carbonyl (C=O) groups is 2. The van der Waals surface area contributed by atoms with E-state index in [9.17, 15) is 18.0 Å². The zero-order chi connectivity index (χ0) is 13.9. The van der Waals surface area contributed by atoms with Crippen LogP contribution >= 0.6 is 11.3 Å². The Bertz CT molecular complexity index is 578. The predicted molar refractivity (Wildman–Crippen MR) is 63.5 cm³/mol. The van der Waals surface area contributed by atoms with E-state index in [-0.39, 0.29) is 20.9 Å². The van der Waals surface area contributed by atoms with E-state index in [4.69, 9.17) is 5.73 Å². The lowest BCUT2D eigenvalue weighted by atomic mass is 10.6. The van der Waals surface area contributed by atoms with Crippen molar-refractivity contribution in [3.05, 3.63) is 5.69 Å². The van der Waals surface area contributed by atoms with Gasteiger partial charge in [-0.25, -0.2) is 4.98 Å². The first-order chi connectivity index (χ1) is 8.22. The minimum absolute atomic E-state index is 0.140. The third-order valence-electron chi connectivity index (χ3n) is 1.62. The molecule has 1 aromatic heterocycles. The molecule has 0 fully saturated rings. The van der Waals surface area contributed by atoms with Crippen LogP contribution in [0.4, 0.5) is 5.13 Å². The van der Waals surface area contributed by atoms with Gasteiger partial charge in [0.05, 0.1) is 5.69 Å². The van der Waals surface area contributed by atoms with Crippen molar-refractivity contribution in [3.63, 3.8) is 0 Å². The van der Waals surface area contributed by atoms with E-state index in [1.807, 2.05) is 0 Å². The normalized spacial score (nSPS) is 11.2. The molecule has 18 heavy (non-hydrogen) atoms. The molecule has 0 radical (unpaired) electrons. The Morgan fingerprint density at radius 2 is 2.11 bits per heavy atom. The number of carbonyl (C=O) groups excluding carboxylic acids is 2. The Hall–Kier alpha value is -1.52. The predicted octanol–water partition coefficient (Wildman–Crippen LogP) is -0.399. The number of hydrogen-bond acceptors (Lipinski definition) is 7. The first-order valence-corrected chi connectivity index (χ1v) is 6.87. The molecule has 0 aliphatic carbocycles. The molecule has 0 bridgehead atoms. The molecule has 0 spiro atoms. The van der Waals surface area contributed by atoms with E-state index in [2.05, 4.69) is 14.5 Å². The molecule has 100 valence electrons. The average molecular weight is 293 g/mol. The highest BCUT2D eigenvalue weighted by atomic mass is 32.3. The second-order valence-corrected chi connectivity index (χ2v) is 6.07. The fraction of sp³-hybridized carbons (Fsp3) is 0.375. The van der Waals surface area contributed by atoms with Crippen molar-refractivity contribution in [2.24, 2.45) is 5.73 Å². The summed E-state index contributed by atoms with van der Waals surface area (Å²) < 4.78 is 27.6. The molecule has 1 rings (SSSR count). The van der Waals surface area contributed by atoms with Crippen LogP contribution in [-0.4, -0.2) is 31.8 Å². The van der Waals surface area contributed by atoms with E-state index >= 15 is 0 Å². The second kappa shape index (κ2) is 5.42. The Morgan fingerprint density at radius 3 is 2.61 bits per heavy atom. The van der Waals surface area contributed by atoms with Gasteiger partial charge < -0.3 is 11.1 Å². The summed E-state index contributed by atoms with van der Waals surface area (Å²) in [7, 11) is -4.10. The first-order valence-electron chi connectivity index (χ1n) is 4.65. The molecule has 0 aliphatic rings. The highest BCUT2D eigenvalue weighted by molar-refractivity contribution is 7.89. The van der Waals surface area contributed by atoms with E-state index in [0.29, 0.717) is 0 Å². The van der Waals surface area contributed by atoms with Crippen molar-refractivity contribution in [1.82, 2.24) is 4.98 Å². The number of thiazole rings is 1. The number of aromatic nitrogens is 1. The monoisotopic (exact) mass is 293 g/mol. The second-order valence-electron chi connectivity index (χ2n) is 3.26. The number of amides is 2. The summed E-state index contributed by atoms with van der Waals surface area (Å²) in [5.41, 5.74) is 4.96. The van der Waals surface area contributed by atoms with Gasteiger partial charge in [-0.15, -0.1) is 0 Å². The Kier molecular flexibility index (Phi) is 4.38. The Balaban J connectivity index is 2.98. The van der Waals surface area contributed by atoms with Crippen LogP contribution in [0.5, 0.6) is 0 Å². The third kappa shape index (κ3) is 3.75. The number of nitrogens with one attached hydrogen (secondary N) is 1. The molecule has 0 aliphatic heterocycles. The Morgan fingerprint density at radius 1 is 1.50 bits per heavy atom. The maximum absolute atomic E-state index is 11.7. The quantitative estimate of drug-likeness (QED) is 0.711. The summed E-state index contributed by atoms with van der Waals surface area (Å²) in [4.78, 5) is 25.1. The van der Waals surface area contributed by atoms with Crippen molar-refractivity contribution in [1.29, 1.82) is 0 Å². The number of hydrogen-bond donors (Lipinski definition) is 2. The minimum Gasteiger partial charge on any atom is -0.368 e. The summed E-state index contributed by atoms with van der Waals surface area (Å²) >= 11 is 0.738. The van der Waals surface area contributed by atoms with Crippen LogP contribution in [0.3, 0.4) is 0 Å². The number of primary amides is 1. The van der Waals surface area contributed by atoms with E-state index in [1.165, 1.54) is 13.8 Å². The zero-order valence-corrected chi connectivity index (χ0v) is 11.2. The average Bonchev–Trinajstić information content (AvgIpc) is 2.56. The number of aryl methyl sites for hydroxylation is 1. The molecule has 0 unspecified atom stereocenters. The largest absolute Gasteiger partial charge is 0.368 e. The van der Waals surface area contributed by atoms with Gasteiger partial charge in [-0.2, -0.15) is 8.42 Å². The fourth-order valence-corrected chi connectivity index (χ4v) is 3.33. The lowest BCUT2D eigenvalue weighted by molar-refractivity contribution is -0.120.